The van der Waals surface area contributed by atoms with Crippen LogP contribution in [0.15, 0.2) is 60.7 Å². The summed E-state index contributed by atoms with van der Waals surface area (Å²) in [6, 6.07) is 19.5. The first-order chi connectivity index (χ1) is 13.7. The van der Waals surface area contributed by atoms with E-state index in [2.05, 4.69) is 5.32 Å². The molecule has 0 bridgehead atoms. The zero-order valence-corrected chi connectivity index (χ0v) is 16.3. The largest absolute Gasteiger partial charge is 0.494 e. The van der Waals surface area contributed by atoms with E-state index in [1.807, 2.05) is 74.5 Å². The van der Waals surface area contributed by atoms with Gasteiger partial charge in [-0.1, -0.05) is 30.3 Å². The van der Waals surface area contributed by atoms with E-state index in [1.54, 1.807) is 4.68 Å². The third-order valence-corrected chi connectivity index (χ3v) is 5.00. The average molecular weight is 375 g/mol. The van der Waals surface area contributed by atoms with Crippen LogP contribution in [-0.4, -0.2) is 22.3 Å². The maximum atomic E-state index is 13.1. The Hall–Kier alpha value is -3.08. The molecular weight excluding hydrogens is 350 g/mol. The summed E-state index contributed by atoms with van der Waals surface area (Å²) in [7, 11) is 0. The van der Waals surface area contributed by atoms with Crippen LogP contribution < -0.4 is 10.1 Å². The Labute approximate surface area is 165 Å². The molecule has 5 nitrogen and oxygen atoms in total. The van der Waals surface area contributed by atoms with E-state index in [1.165, 1.54) is 0 Å². The predicted octanol–water partition coefficient (Wildman–Crippen LogP) is 4.64. The maximum Gasteiger partial charge on any atom is 0.270 e. The first-order valence-corrected chi connectivity index (χ1v) is 9.84. The van der Waals surface area contributed by atoms with Gasteiger partial charge in [0.25, 0.3) is 5.91 Å². The van der Waals surface area contributed by atoms with Crippen molar-refractivity contribution in [3.05, 3.63) is 77.6 Å². The molecule has 1 unspecified atom stereocenters. The van der Waals surface area contributed by atoms with E-state index in [-0.39, 0.29) is 11.9 Å². The normalized spacial score (nSPS) is 14.5. The fourth-order valence-electron chi connectivity index (χ4n) is 3.28. The minimum absolute atomic E-state index is 0.119. The SMILES string of the molecule is CCOc1ccc(C(C)NC(=O)c2cc(C3CC3)nn2-c2ccccc2)cc1. The number of hydrogen-bond acceptors (Lipinski definition) is 3. The van der Waals surface area contributed by atoms with Crippen LogP contribution in [0.4, 0.5) is 0 Å². The fraction of sp³-hybridized carbons (Fsp3) is 0.304. The fourth-order valence-corrected chi connectivity index (χ4v) is 3.28. The molecule has 144 valence electrons. The number of carbonyl (C=O) groups is 1. The van der Waals surface area contributed by atoms with Crippen molar-refractivity contribution < 1.29 is 9.53 Å². The van der Waals surface area contributed by atoms with Crippen LogP contribution in [-0.2, 0) is 0 Å². The number of para-hydroxylation sites is 1. The van der Waals surface area contributed by atoms with Gasteiger partial charge in [-0.2, -0.15) is 5.10 Å². The van der Waals surface area contributed by atoms with Crippen molar-refractivity contribution in [3.63, 3.8) is 0 Å². The van der Waals surface area contributed by atoms with Gasteiger partial charge in [0.05, 0.1) is 24.0 Å². The Balaban J connectivity index is 1.55. The second kappa shape index (κ2) is 7.89. The van der Waals surface area contributed by atoms with Gasteiger partial charge in [-0.05, 0) is 62.6 Å². The van der Waals surface area contributed by atoms with Crippen molar-refractivity contribution in [2.45, 2.75) is 38.6 Å². The molecule has 1 aliphatic carbocycles. The van der Waals surface area contributed by atoms with Gasteiger partial charge in [0.2, 0.25) is 0 Å². The average Bonchev–Trinajstić information content (AvgIpc) is 3.47. The van der Waals surface area contributed by atoms with Crippen LogP contribution in [0.3, 0.4) is 0 Å². The standard InChI is InChI=1S/C23H25N3O2/c1-3-28-20-13-11-17(12-14-20)16(2)24-23(27)22-15-21(18-9-10-18)25-26(22)19-7-5-4-6-8-19/h4-8,11-16,18H,3,9-10H2,1-2H3,(H,24,27). The third kappa shape index (κ3) is 3.93. The zero-order valence-electron chi connectivity index (χ0n) is 16.3. The Bertz CT molecular complexity index is 944. The number of hydrogen-bond donors (Lipinski definition) is 1. The van der Waals surface area contributed by atoms with E-state index in [9.17, 15) is 4.79 Å². The van der Waals surface area contributed by atoms with Gasteiger partial charge >= 0.3 is 0 Å². The van der Waals surface area contributed by atoms with Crippen molar-refractivity contribution in [2.75, 3.05) is 6.61 Å². The van der Waals surface area contributed by atoms with Crippen LogP contribution in [0.1, 0.15) is 60.4 Å². The number of amides is 1. The lowest BCUT2D eigenvalue weighted by Crippen LogP contribution is -2.28. The molecule has 1 aromatic heterocycles. The third-order valence-electron chi connectivity index (χ3n) is 5.00. The molecule has 0 saturated heterocycles. The zero-order chi connectivity index (χ0) is 19.5. The topological polar surface area (TPSA) is 56.1 Å². The summed E-state index contributed by atoms with van der Waals surface area (Å²) < 4.78 is 7.25. The number of nitrogens with zero attached hydrogens (tertiary/aromatic N) is 2. The molecular formula is C23H25N3O2. The summed E-state index contributed by atoms with van der Waals surface area (Å²) >= 11 is 0. The Morgan fingerprint density at radius 3 is 2.54 bits per heavy atom. The minimum Gasteiger partial charge on any atom is -0.494 e. The van der Waals surface area contributed by atoms with Gasteiger partial charge in [0, 0.05) is 5.92 Å². The molecule has 1 fully saturated rings. The van der Waals surface area contributed by atoms with Crippen LogP contribution >= 0.6 is 0 Å². The van der Waals surface area contributed by atoms with E-state index >= 15 is 0 Å². The molecule has 0 radical (unpaired) electrons. The highest BCUT2D eigenvalue weighted by molar-refractivity contribution is 5.93. The van der Waals surface area contributed by atoms with Gasteiger partial charge < -0.3 is 10.1 Å². The molecule has 1 heterocycles. The molecule has 1 saturated carbocycles. The molecule has 2 aromatic carbocycles. The van der Waals surface area contributed by atoms with Gasteiger partial charge in [-0.25, -0.2) is 4.68 Å². The monoisotopic (exact) mass is 375 g/mol. The molecule has 1 atom stereocenters. The van der Waals surface area contributed by atoms with Crippen LogP contribution in [0.25, 0.3) is 5.69 Å². The summed E-state index contributed by atoms with van der Waals surface area (Å²) in [5.74, 6) is 1.20. The van der Waals surface area contributed by atoms with Gasteiger partial charge in [0.15, 0.2) is 0 Å². The van der Waals surface area contributed by atoms with Crippen LogP contribution in [0.5, 0.6) is 5.75 Å². The lowest BCUT2D eigenvalue weighted by molar-refractivity contribution is 0.0932. The lowest BCUT2D eigenvalue weighted by atomic mass is 10.1. The first-order valence-electron chi connectivity index (χ1n) is 9.84. The minimum atomic E-state index is -0.121. The second-order valence-corrected chi connectivity index (χ2v) is 7.17. The molecule has 3 aromatic rings. The summed E-state index contributed by atoms with van der Waals surface area (Å²) in [5.41, 5.74) is 3.51. The van der Waals surface area contributed by atoms with Gasteiger partial charge in [-0.15, -0.1) is 0 Å². The Morgan fingerprint density at radius 2 is 1.89 bits per heavy atom. The first kappa shape index (κ1) is 18.3. The van der Waals surface area contributed by atoms with Crippen molar-refractivity contribution in [1.29, 1.82) is 0 Å². The highest BCUT2D eigenvalue weighted by atomic mass is 16.5. The van der Waals surface area contributed by atoms with Gasteiger partial charge in [0.1, 0.15) is 11.4 Å². The highest BCUT2D eigenvalue weighted by Gasteiger charge is 2.29. The lowest BCUT2D eigenvalue weighted by Gasteiger charge is -2.15. The van der Waals surface area contributed by atoms with Crippen molar-refractivity contribution in [3.8, 4) is 11.4 Å². The molecule has 1 aliphatic rings. The Kier molecular flexibility index (Phi) is 5.15. The second-order valence-electron chi connectivity index (χ2n) is 7.17. The molecule has 0 spiro atoms. The smallest absolute Gasteiger partial charge is 0.270 e. The maximum absolute atomic E-state index is 13.1. The molecule has 4 rings (SSSR count). The van der Waals surface area contributed by atoms with Crippen LogP contribution in [0.2, 0.25) is 0 Å². The molecule has 28 heavy (non-hydrogen) atoms. The van der Waals surface area contributed by atoms with E-state index < -0.39 is 0 Å². The number of aromatic nitrogens is 2. The predicted molar refractivity (Wildman–Crippen MR) is 109 cm³/mol. The van der Waals surface area contributed by atoms with Crippen molar-refractivity contribution in [1.82, 2.24) is 15.1 Å². The number of carbonyl (C=O) groups excluding carboxylic acids is 1. The van der Waals surface area contributed by atoms with E-state index in [0.717, 1.165) is 35.5 Å². The summed E-state index contributed by atoms with van der Waals surface area (Å²) in [6.45, 7) is 4.58. The number of ether oxygens (including phenoxy) is 1. The molecule has 1 N–H and O–H groups in total. The van der Waals surface area contributed by atoms with Crippen molar-refractivity contribution >= 4 is 5.91 Å². The number of nitrogens with one attached hydrogen (secondary N) is 1. The summed E-state index contributed by atoms with van der Waals surface area (Å²) in [6.07, 6.45) is 2.30. The Morgan fingerprint density at radius 1 is 1.18 bits per heavy atom. The van der Waals surface area contributed by atoms with Crippen molar-refractivity contribution in [2.24, 2.45) is 0 Å². The summed E-state index contributed by atoms with van der Waals surface area (Å²) in [4.78, 5) is 13.1. The quantitative estimate of drug-likeness (QED) is 0.654. The molecule has 5 heteroatoms. The van der Waals surface area contributed by atoms with Gasteiger partial charge in [-0.3, -0.25) is 4.79 Å². The molecule has 1 amide bonds. The summed E-state index contributed by atoms with van der Waals surface area (Å²) in [5, 5.41) is 7.82. The number of benzene rings is 2. The highest BCUT2D eigenvalue weighted by Crippen LogP contribution is 2.39. The molecule has 0 aliphatic heterocycles. The van der Waals surface area contributed by atoms with Crippen LogP contribution in [0, 0.1) is 0 Å². The number of rotatable bonds is 7. The van der Waals surface area contributed by atoms with E-state index in [4.69, 9.17) is 9.84 Å². The van der Waals surface area contributed by atoms with E-state index in [0.29, 0.717) is 18.2 Å².